The molecule has 0 saturated heterocycles. The zero-order valence-corrected chi connectivity index (χ0v) is 18.2. The summed E-state index contributed by atoms with van der Waals surface area (Å²) in [7, 11) is 0. The van der Waals surface area contributed by atoms with E-state index < -0.39 is 17.7 Å². The van der Waals surface area contributed by atoms with Gasteiger partial charge in [-0.1, -0.05) is 30.3 Å². The van der Waals surface area contributed by atoms with Crippen LogP contribution in [-0.4, -0.2) is 52.9 Å². The zero-order valence-electron chi connectivity index (χ0n) is 17.4. The minimum atomic E-state index is -0.590. The van der Waals surface area contributed by atoms with Gasteiger partial charge in [0.05, 0.1) is 53.4 Å². The van der Waals surface area contributed by atoms with Gasteiger partial charge >= 0.3 is 0 Å². The zero-order chi connectivity index (χ0) is 21.1. The molecule has 0 saturated carbocycles. The second-order valence-electron chi connectivity index (χ2n) is 7.26. The highest BCUT2D eigenvalue weighted by Crippen LogP contribution is 2.39. The molecule has 154 valence electrons. The lowest BCUT2D eigenvalue weighted by Gasteiger charge is -2.28. The summed E-state index contributed by atoms with van der Waals surface area (Å²) in [5, 5.41) is 11.5. The maximum atomic E-state index is 13.4. The molecule has 0 fully saturated rings. The van der Waals surface area contributed by atoms with Crippen LogP contribution in [0.2, 0.25) is 0 Å². The molecule has 6 nitrogen and oxygen atoms in total. The molecule has 0 spiro atoms. The maximum absolute atomic E-state index is 13.4. The predicted octanol–water partition coefficient (Wildman–Crippen LogP) is 2.26. The van der Waals surface area contributed by atoms with Gasteiger partial charge in [-0.2, -0.15) is 0 Å². The van der Waals surface area contributed by atoms with Crippen LogP contribution in [0.4, 0.5) is 0 Å². The number of ketones is 1. The van der Waals surface area contributed by atoms with Crippen LogP contribution in [0.15, 0.2) is 41.7 Å². The third-order valence-electron chi connectivity index (χ3n) is 5.48. The van der Waals surface area contributed by atoms with Crippen molar-refractivity contribution in [1.82, 2.24) is 9.88 Å². The Hall–Kier alpha value is -2.51. The van der Waals surface area contributed by atoms with Gasteiger partial charge in [0.15, 0.2) is 5.76 Å². The van der Waals surface area contributed by atoms with Crippen molar-refractivity contribution in [2.45, 2.75) is 33.7 Å². The van der Waals surface area contributed by atoms with Crippen LogP contribution < -0.4 is 4.90 Å². The molecular weight excluding hydrogens is 386 g/mol. The molecule has 0 aliphatic carbocycles. The molecule has 1 atom stereocenters. The van der Waals surface area contributed by atoms with Crippen molar-refractivity contribution in [3.8, 4) is 0 Å². The number of rotatable bonds is 8. The number of amides is 1. The van der Waals surface area contributed by atoms with E-state index >= 15 is 0 Å². The number of aliphatic hydroxyl groups excluding tert-OH is 1. The molecule has 1 aromatic carbocycles. The van der Waals surface area contributed by atoms with Gasteiger partial charge in [0.25, 0.3) is 5.91 Å². The fourth-order valence-electron chi connectivity index (χ4n) is 3.84. The Morgan fingerprint density at radius 3 is 2.41 bits per heavy atom. The number of carbonyl (C=O) groups excluding carboxylic acids is 2. The normalized spacial score (nSPS) is 16.9. The smallest absolute Gasteiger partial charge is 0.290 e. The van der Waals surface area contributed by atoms with Gasteiger partial charge < -0.3 is 14.9 Å². The molecule has 1 aromatic heterocycles. The lowest BCUT2D eigenvalue weighted by atomic mass is 9.95. The SMILES string of the molecule is CC[NH+](CC)CCN1C(=O)C(O)=C(C(=O)c2sc(C)nc2C)[C@@H]1c1ccccc1. The number of likely N-dealkylation sites (N-methyl/N-ethyl adjacent to an activating group) is 1. The van der Waals surface area contributed by atoms with Gasteiger partial charge in [-0.15, -0.1) is 11.3 Å². The van der Waals surface area contributed by atoms with Gasteiger partial charge in [0.2, 0.25) is 5.78 Å². The van der Waals surface area contributed by atoms with Crippen molar-refractivity contribution in [1.29, 1.82) is 0 Å². The van der Waals surface area contributed by atoms with Crippen molar-refractivity contribution < 1.29 is 19.6 Å². The Kier molecular flexibility index (Phi) is 6.49. The second kappa shape index (κ2) is 8.88. The number of nitrogens with one attached hydrogen (secondary N) is 1. The number of hydrogen-bond acceptors (Lipinski definition) is 5. The molecule has 29 heavy (non-hydrogen) atoms. The minimum Gasteiger partial charge on any atom is -0.503 e. The summed E-state index contributed by atoms with van der Waals surface area (Å²) in [6.45, 7) is 11.0. The first-order valence-electron chi connectivity index (χ1n) is 10.00. The fourth-order valence-corrected chi connectivity index (χ4v) is 4.72. The Bertz CT molecular complexity index is 932. The summed E-state index contributed by atoms with van der Waals surface area (Å²) in [6, 6.07) is 8.86. The highest BCUT2D eigenvalue weighted by Gasteiger charge is 2.44. The molecule has 1 aliphatic rings. The first kappa shape index (κ1) is 21.2. The topological polar surface area (TPSA) is 74.9 Å². The number of carbonyl (C=O) groups is 2. The van der Waals surface area contributed by atoms with Crippen LogP contribution in [0.1, 0.15) is 45.8 Å². The number of quaternary nitrogens is 1. The first-order valence-corrected chi connectivity index (χ1v) is 10.8. The number of aliphatic hydroxyl groups is 1. The first-order chi connectivity index (χ1) is 13.9. The molecule has 0 bridgehead atoms. The molecule has 3 rings (SSSR count). The molecule has 0 unspecified atom stereocenters. The number of nitrogens with zero attached hydrogens (tertiary/aromatic N) is 2. The number of aryl methyl sites for hydroxylation is 2. The van der Waals surface area contributed by atoms with Crippen LogP contribution in [0.25, 0.3) is 0 Å². The molecule has 0 radical (unpaired) electrons. The van der Waals surface area contributed by atoms with Crippen LogP contribution >= 0.6 is 11.3 Å². The van der Waals surface area contributed by atoms with E-state index in [0.29, 0.717) is 17.1 Å². The largest absolute Gasteiger partial charge is 0.503 e. The molecule has 2 N–H and O–H groups in total. The maximum Gasteiger partial charge on any atom is 0.290 e. The summed E-state index contributed by atoms with van der Waals surface area (Å²) in [4.78, 5) is 34.2. The quantitative estimate of drug-likeness (QED) is 0.650. The van der Waals surface area contributed by atoms with Crippen LogP contribution in [-0.2, 0) is 4.79 Å². The Morgan fingerprint density at radius 2 is 1.86 bits per heavy atom. The van der Waals surface area contributed by atoms with E-state index in [1.165, 1.54) is 16.2 Å². The van der Waals surface area contributed by atoms with Gasteiger partial charge in [-0.05, 0) is 33.3 Å². The summed E-state index contributed by atoms with van der Waals surface area (Å²) >= 11 is 1.30. The van der Waals surface area contributed by atoms with Crippen LogP contribution in [0.5, 0.6) is 0 Å². The Morgan fingerprint density at radius 1 is 1.21 bits per heavy atom. The summed E-state index contributed by atoms with van der Waals surface area (Å²) in [6.07, 6.45) is 0. The summed E-state index contributed by atoms with van der Waals surface area (Å²) in [5.74, 6) is -1.23. The Balaban J connectivity index is 2.02. The molecule has 1 amide bonds. The van der Waals surface area contributed by atoms with Crippen molar-refractivity contribution in [2.75, 3.05) is 26.2 Å². The molecule has 1 aliphatic heterocycles. The molecular formula is C22H28N3O3S+. The summed E-state index contributed by atoms with van der Waals surface area (Å²) in [5.41, 5.74) is 1.60. The van der Waals surface area contributed by atoms with E-state index in [0.717, 1.165) is 30.2 Å². The van der Waals surface area contributed by atoms with Crippen molar-refractivity contribution in [2.24, 2.45) is 0 Å². The predicted molar refractivity (Wildman–Crippen MR) is 113 cm³/mol. The lowest BCUT2D eigenvalue weighted by Crippen LogP contribution is -3.12. The van der Waals surface area contributed by atoms with Gasteiger partial charge in [-0.3, -0.25) is 9.59 Å². The van der Waals surface area contributed by atoms with Gasteiger partial charge in [0, 0.05) is 0 Å². The van der Waals surface area contributed by atoms with Crippen molar-refractivity contribution >= 4 is 23.0 Å². The highest BCUT2D eigenvalue weighted by molar-refractivity contribution is 7.14. The van der Waals surface area contributed by atoms with E-state index in [-0.39, 0.29) is 11.4 Å². The highest BCUT2D eigenvalue weighted by atomic mass is 32.1. The Labute approximate surface area is 175 Å². The summed E-state index contributed by atoms with van der Waals surface area (Å²) < 4.78 is 0. The monoisotopic (exact) mass is 414 g/mol. The minimum absolute atomic E-state index is 0.155. The second-order valence-corrected chi connectivity index (χ2v) is 8.46. The average Bonchev–Trinajstić information content (AvgIpc) is 3.19. The fraction of sp³-hybridized carbons (Fsp3) is 0.409. The molecule has 2 aromatic rings. The number of aromatic nitrogens is 1. The van der Waals surface area contributed by atoms with E-state index in [1.807, 2.05) is 37.3 Å². The van der Waals surface area contributed by atoms with Crippen LogP contribution in [0.3, 0.4) is 0 Å². The molecule has 7 heteroatoms. The third kappa shape index (κ3) is 4.11. The van der Waals surface area contributed by atoms with E-state index in [4.69, 9.17) is 0 Å². The number of Topliss-reactive ketones (excluding diaryl/α,β-unsaturated/α-hetero) is 1. The number of hydrogen-bond donors (Lipinski definition) is 2. The molecule has 2 heterocycles. The standard InChI is InChI=1S/C22H27N3O3S/c1-5-24(6-2)12-13-25-18(16-10-8-7-9-11-16)17(20(27)22(25)28)19(26)21-14(3)23-15(4)29-21/h7-11,18,27H,5-6,12-13H2,1-4H3/p+1/t18-/m0/s1. The van der Waals surface area contributed by atoms with E-state index in [2.05, 4.69) is 18.8 Å². The third-order valence-corrected chi connectivity index (χ3v) is 6.55. The van der Waals surface area contributed by atoms with Gasteiger partial charge in [0.1, 0.15) is 0 Å². The van der Waals surface area contributed by atoms with Gasteiger partial charge in [-0.25, -0.2) is 4.98 Å². The van der Waals surface area contributed by atoms with E-state index in [1.54, 1.807) is 11.8 Å². The van der Waals surface area contributed by atoms with Crippen molar-refractivity contribution in [3.63, 3.8) is 0 Å². The number of thiazole rings is 1. The van der Waals surface area contributed by atoms with Crippen LogP contribution in [0, 0.1) is 13.8 Å². The average molecular weight is 415 g/mol. The lowest BCUT2D eigenvalue weighted by molar-refractivity contribution is -0.895. The van der Waals surface area contributed by atoms with E-state index in [9.17, 15) is 14.7 Å². The van der Waals surface area contributed by atoms with Crippen molar-refractivity contribution in [3.05, 3.63) is 62.8 Å². The number of benzene rings is 1.